The minimum atomic E-state index is -0.652. The maximum absolute atomic E-state index is 14.2. The predicted octanol–water partition coefficient (Wildman–Crippen LogP) is 5.40. The predicted molar refractivity (Wildman–Crippen MR) is 125 cm³/mol. The summed E-state index contributed by atoms with van der Waals surface area (Å²) >= 11 is 7.58. The molecule has 33 heavy (non-hydrogen) atoms. The molecule has 0 saturated carbocycles. The molecule has 174 valence electrons. The number of likely N-dealkylation sites (tertiary alicyclic amines) is 1. The molecule has 1 atom stereocenters. The van der Waals surface area contributed by atoms with Crippen molar-refractivity contribution in [2.45, 2.75) is 31.9 Å². The highest BCUT2D eigenvalue weighted by Crippen LogP contribution is 2.31. The van der Waals surface area contributed by atoms with Crippen LogP contribution in [0.1, 0.15) is 39.8 Å². The molecule has 4 rings (SSSR count). The summed E-state index contributed by atoms with van der Waals surface area (Å²) in [5.41, 5.74) is 2.54. The number of rotatable bonds is 7. The third-order valence-corrected chi connectivity index (χ3v) is 7.09. The number of piperidine rings is 1. The fourth-order valence-electron chi connectivity index (χ4n) is 4.05. The van der Waals surface area contributed by atoms with Gasteiger partial charge in [0.2, 0.25) is 0 Å². The van der Waals surface area contributed by atoms with E-state index in [-0.39, 0.29) is 28.5 Å². The molecule has 1 amide bonds. The fourth-order valence-corrected chi connectivity index (χ4v) is 5.23. The summed E-state index contributed by atoms with van der Waals surface area (Å²) in [4.78, 5) is 20.4. The third kappa shape index (κ3) is 5.69. The summed E-state index contributed by atoms with van der Waals surface area (Å²) in [6.45, 7) is 3.70. The molecule has 3 aromatic rings. The van der Waals surface area contributed by atoms with Gasteiger partial charge in [-0.25, -0.2) is 13.8 Å². The molecule has 0 radical (unpaired) electrons. The molecule has 2 aromatic carbocycles. The van der Waals surface area contributed by atoms with E-state index in [1.807, 2.05) is 6.92 Å². The molecule has 0 aliphatic carbocycles. The minimum Gasteiger partial charge on any atom is -0.490 e. The second-order valence-corrected chi connectivity index (χ2v) is 9.23. The van der Waals surface area contributed by atoms with Crippen LogP contribution in [0.2, 0.25) is 5.02 Å². The third-order valence-electron chi connectivity index (χ3n) is 5.75. The fraction of sp³-hybridized carbons (Fsp3) is 0.333. The standard InChI is InChI=1S/C24H24ClF2N3O2S/c1-15-23(33-14-29-15)21(13-28-24(31)22-19(25)6-3-7-20(22)27)30-10-8-17(9-11-30)32-18-5-2-4-16(26)12-18/h2-7,12,14,17,21H,8-11,13H2,1H3,(H,28,31). The van der Waals surface area contributed by atoms with Gasteiger partial charge in [-0.2, -0.15) is 0 Å². The van der Waals surface area contributed by atoms with Gasteiger partial charge in [0, 0.05) is 30.6 Å². The normalized spacial score (nSPS) is 15.9. The second-order valence-electron chi connectivity index (χ2n) is 7.94. The van der Waals surface area contributed by atoms with Crippen LogP contribution in [0.3, 0.4) is 0 Å². The van der Waals surface area contributed by atoms with Crippen molar-refractivity contribution >= 4 is 28.8 Å². The zero-order valence-electron chi connectivity index (χ0n) is 18.1. The van der Waals surface area contributed by atoms with Crippen molar-refractivity contribution in [3.05, 3.63) is 80.8 Å². The van der Waals surface area contributed by atoms with Gasteiger partial charge in [-0.1, -0.05) is 23.7 Å². The molecular formula is C24H24ClF2N3O2S. The largest absolute Gasteiger partial charge is 0.490 e. The van der Waals surface area contributed by atoms with Gasteiger partial charge in [0.15, 0.2) is 0 Å². The van der Waals surface area contributed by atoms with E-state index in [0.717, 1.165) is 36.5 Å². The van der Waals surface area contributed by atoms with Crippen LogP contribution in [-0.4, -0.2) is 41.5 Å². The van der Waals surface area contributed by atoms with Crippen LogP contribution in [-0.2, 0) is 0 Å². The quantitative estimate of drug-likeness (QED) is 0.481. The van der Waals surface area contributed by atoms with Crippen molar-refractivity contribution in [3.8, 4) is 5.75 Å². The second kappa shape index (κ2) is 10.6. The van der Waals surface area contributed by atoms with E-state index in [1.54, 1.807) is 17.6 Å². The first kappa shape index (κ1) is 23.6. The SMILES string of the molecule is Cc1ncsc1C(CNC(=O)c1c(F)cccc1Cl)N1CCC(Oc2cccc(F)c2)CC1. The highest BCUT2D eigenvalue weighted by Gasteiger charge is 2.30. The lowest BCUT2D eigenvalue weighted by Gasteiger charge is -2.37. The first-order chi connectivity index (χ1) is 15.9. The van der Waals surface area contributed by atoms with Gasteiger partial charge in [-0.05, 0) is 44.0 Å². The lowest BCUT2D eigenvalue weighted by molar-refractivity contribution is 0.0718. The molecule has 1 saturated heterocycles. The molecule has 1 unspecified atom stereocenters. The summed E-state index contributed by atoms with van der Waals surface area (Å²) < 4.78 is 33.6. The first-order valence-corrected chi connectivity index (χ1v) is 12.0. The van der Waals surface area contributed by atoms with E-state index < -0.39 is 11.7 Å². The Morgan fingerprint density at radius 2 is 2.03 bits per heavy atom. The van der Waals surface area contributed by atoms with Crippen molar-refractivity contribution in [2.75, 3.05) is 19.6 Å². The van der Waals surface area contributed by atoms with Gasteiger partial charge in [-0.3, -0.25) is 9.69 Å². The molecule has 1 N–H and O–H groups in total. The zero-order chi connectivity index (χ0) is 23.4. The Balaban J connectivity index is 1.43. The van der Waals surface area contributed by atoms with Crippen LogP contribution in [0.15, 0.2) is 48.0 Å². The van der Waals surface area contributed by atoms with Crippen LogP contribution >= 0.6 is 22.9 Å². The van der Waals surface area contributed by atoms with Crippen molar-refractivity contribution in [1.29, 1.82) is 0 Å². The number of carbonyl (C=O) groups is 1. The number of aromatic nitrogens is 1. The number of aryl methyl sites for hydroxylation is 1. The lowest BCUT2D eigenvalue weighted by atomic mass is 10.0. The Labute approximate surface area is 200 Å². The van der Waals surface area contributed by atoms with E-state index in [0.29, 0.717) is 12.3 Å². The highest BCUT2D eigenvalue weighted by atomic mass is 35.5. The Morgan fingerprint density at radius 3 is 2.70 bits per heavy atom. The summed E-state index contributed by atoms with van der Waals surface area (Å²) in [6.07, 6.45) is 1.51. The number of benzene rings is 2. The minimum absolute atomic E-state index is 0.0157. The van der Waals surface area contributed by atoms with Crippen LogP contribution < -0.4 is 10.1 Å². The molecule has 9 heteroatoms. The topological polar surface area (TPSA) is 54.5 Å². The van der Waals surface area contributed by atoms with E-state index in [4.69, 9.17) is 16.3 Å². The van der Waals surface area contributed by atoms with Crippen LogP contribution in [0.25, 0.3) is 0 Å². The van der Waals surface area contributed by atoms with E-state index in [2.05, 4.69) is 15.2 Å². The molecule has 1 fully saturated rings. The number of carbonyl (C=O) groups excluding carboxylic acids is 1. The molecule has 1 aromatic heterocycles. The number of thiazole rings is 1. The van der Waals surface area contributed by atoms with Gasteiger partial charge in [0.05, 0.1) is 27.8 Å². The van der Waals surface area contributed by atoms with E-state index in [9.17, 15) is 13.6 Å². The molecular weight excluding hydrogens is 468 g/mol. The monoisotopic (exact) mass is 491 g/mol. The summed E-state index contributed by atoms with van der Waals surface area (Å²) in [6, 6.07) is 10.2. The molecule has 1 aliphatic rings. The van der Waals surface area contributed by atoms with Crippen molar-refractivity contribution < 1.29 is 18.3 Å². The maximum atomic E-state index is 14.2. The zero-order valence-corrected chi connectivity index (χ0v) is 19.6. The van der Waals surface area contributed by atoms with Gasteiger partial charge in [0.1, 0.15) is 23.5 Å². The van der Waals surface area contributed by atoms with E-state index in [1.165, 1.54) is 41.7 Å². The van der Waals surface area contributed by atoms with Gasteiger partial charge in [0.25, 0.3) is 5.91 Å². The number of ether oxygens (including phenoxy) is 1. The molecule has 1 aliphatic heterocycles. The number of nitrogens with one attached hydrogen (secondary N) is 1. The molecule has 5 nitrogen and oxygen atoms in total. The van der Waals surface area contributed by atoms with Crippen LogP contribution in [0.5, 0.6) is 5.75 Å². The number of nitrogens with zero attached hydrogens (tertiary/aromatic N) is 2. The molecule has 2 heterocycles. The smallest absolute Gasteiger partial charge is 0.255 e. The maximum Gasteiger partial charge on any atom is 0.255 e. The van der Waals surface area contributed by atoms with E-state index >= 15 is 0 Å². The summed E-state index contributed by atoms with van der Waals surface area (Å²) in [7, 11) is 0. The number of hydrogen-bond donors (Lipinski definition) is 1. The molecule has 0 bridgehead atoms. The Kier molecular flexibility index (Phi) is 7.57. The van der Waals surface area contributed by atoms with Crippen LogP contribution in [0, 0.1) is 18.6 Å². The Bertz CT molecular complexity index is 1100. The number of hydrogen-bond acceptors (Lipinski definition) is 5. The first-order valence-electron chi connectivity index (χ1n) is 10.7. The van der Waals surface area contributed by atoms with Gasteiger partial charge < -0.3 is 10.1 Å². The highest BCUT2D eigenvalue weighted by molar-refractivity contribution is 7.09. The van der Waals surface area contributed by atoms with Gasteiger partial charge in [-0.15, -0.1) is 11.3 Å². The summed E-state index contributed by atoms with van der Waals surface area (Å²) in [5.74, 6) is -0.996. The van der Waals surface area contributed by atoms with Crippen LogP contribution in [0.4, 0.5) is 8.78 Å². The lowest BCUT2D eigenvalue weighted by Crippen LogP contribution is -2.44. The van der Waals surface area contributed by atoms with Crippen molar-refractivity contribution in [3.63, 3.8) is 0 Å². The molecule has 0 spiro atoms. The Hall–Kier alpha value is -2.55. The van der Waals surface area contributed by atoms with Crippen molar-refractivity contribution in [2.24, 2.45) is 0 Å². The Morgan fingerprint density at radius 1 is 1.27 bits per heavy atom. The average molecular weight is 492 g/mol. The summed E-state index contributed by atoms with van der Waals surface area (Å²) in [5, 5.41) is 2.93. The average Bonchev–Trinajstić information content (AvgIpc) is 3.20. The van der Waals surface area contributed by atoms with Gasteiger partial charge >= 0.3 is 0 Å². The van der Waals surface area contributed by atoms with Crippen molar-refractivity contribution in [1.82, 2.24) is 15.2 Å². The number of halogens is 3. The number of amides is 1.